The Morgan fingerprint density at radius 2 is 2.27 bits per heavy atom. The van der Waals surface area contributed by atoms with Gasteiger partial charge in [-0.3, -0.25) is 9.59 Å². The van der Waals surface area contributed by atoms with E-state index < -0.39 is 11.4 Å². The molecule has 0 aromatic carbocycles. The van der Waals surface area contributed by atoms with E-state index in [0.717, 1.165) is 6.42 Å². The highest BCUT2D eigenvalue weighted by Crippen LogP contribution is 2.55. The van der Waals surface area contributed by atoms with Gasteiger partial charge in [-0.05, 0) is 19.3 Å². The van der Waals surface area contributed by atoms with Gasteiger partial charge < -0.3 is 5.11 Å². The number of fused-ring (bicyclic) bond motifs is 1. The maximum Gasteiger partial charge on any atom is 0.310 e. The lowest BCUT2D eigenvalue weighted by atomic mass is 9.62. The third-order valence-electron chi connectivity index (χ3n) is 3.18. The van der Waals surface area contributed by atoms with Crippen LogP contribution in [0.3, 0.4) is 0 Å². The van der Waals surface area contributed by atoms with Crippen molar-refractivity contribution >= 4 is 11.8 Å². The molecule has 0 unspecified atom stereocenters. The Kier molecular flexibility index (Phi) is 1.14. The van der Waals surface area contributed by atoms with Crippen LogP contribution in [0.25, 0.3) is 0 Å². The molecule has 0 aromatic heterocycles. The summed E-state index contributed by atoms with van der Waals surface area (Å²) in [5.41, 5.74) is -0.628. The van der Waals surface area contributed by atoms with Gasteiger partial charge in [0.15, 0.2) is 0 Å². The first-order chi connectivity index (χ1) is 5.17. The number of hydrogen-bond donors (Lipinski definition) is 1. The summed E-state index contributed by atoms with van der Waals surface area (Å²) in [4.78, 5) is 21.9. The molecule has 2 fully saturated rings. The predicted molar refractivity (Wildman–Crippen MR) is 37.0 cm³/mol. The van der Waals surface area contributed by atoms with E-state index in [1.165, 1.54) is 0 Å². The highest BCUT2D eigenvalue weighted by Gasteiger charge is 2.59. The normalized spacial score (nSPS) is 41.5. The average Bonchev–Trinajstić information content (AvgIpc) is 2.04. The summed E-state index contributed by atoms with van der Waals surface area (Å²) in [5, 5.41) is 8.86. The lowest BCUT2D eigenvalue weighted by Crippen LogP contribution is -2.44. The van der Waals surface area contributed by atoms with E-state index in [2.05, 4.69) is 0 Å². The van der Waals surface area contributed by atoms with Crippen molar-refractivity contribution in [3.05, 3.63) is 0 Å². The number of rotatable bonds is 1. The van der Waals surface area contributed by atoms with Crippen molar-refractivity contribution in [3.8, 4) is 0 Å². The van der Waals surface area contributed by atoms with Gasteiger partial charge >= 0.3 is 5.97 Å². The van der Waals surface area contributed by atoms with Crippen LogP contribution in [0.1, 0.15) is 25.7 Å². The number of ketones is 1. The molecule has 0 aliphatic heterocycles. The second-order valence-electron chi connectivity index (χ2n) is 3.52. The van der Waals surface area contributed by atoms with Crippen molar-refractivity contribution in [2.75, 3.05) is 0 Å². The first-order valence-corrected chi connectivity index (χ1v) is 3.93. The number of carboxylic acid groups (broad SMARTS) is 1. The SMILES string of the molecule is O=C1CC[C@]2(C(=O)O)CC[C@H]12. The summed E-state index contributed by atoms with van der Waals surface area (Å²) in [7, 11) is 0. The van der Waals surface area contributed by atoms with Crippen LogP contribution >= 0.6 is 0 Å². The third-order valence-corrected chi connectivity index (χ3v) is 3.18. The smallest absolute Gasteiger partial charge is 0.310 e. The minimum Gasteiger partial charge on any atom is -0.481 e. The molecule has 3 nitrogen and oxygen atoms in total. The second kappa shape index (κ2) is 1.84. The molecule has 3 heteroatoms. The topological polar surface area (TPSA) is 54.4 Å². The minimum atomic E-state index is -0.764. The molecule has 2 saturated carbocycles. The van der Waals surface area contributed by atoms with E-state index in [1.54, 1.807) is 0 Å². The molecule has 0 bridgehead atoms. The zero-order valence-electron chi connectivity index (χ0n) is 6.17. The summed E-state index contributed by atoms with van der Waals surface area (Å²) in [6, 6.07) is 0. The first-order valence-electron chi connectivity index (χ1n) is 3.93. The summed E-state index contributed by atoms with van der Waals surface area (Å²) in [6.07, 6.45) is 2.56. The average molecular weight is 154 g/mol. The Balaban J connectivity index is 2.29. The van der Waals surface area contributed by atoms with Crippen LogP contribution in [0.2, 0.25) is 0 Å². The number of carbonyl (C=O) groups excluding carboxylic acids is 1. The Labute approximate surface area is 64.4 Å². The lowest BCUT2D eigenvalue weighted by molar-refractivity contribution is -0.160. The Hall–Kier alpha value is -0.860. The highest BCUT2D eigenvalue weighted by molar-refractivity contribution is 5.93. The molecular weight excluding hydrogens is 144 g/mol. The molecular formula is C8H10O3. The summed E-state index contributed by atoms with van der Waals surface area (Å²) in [5.74, 6) is -0.738. The molecule has 0 radical (unpaired) electrons. The fourth-order valence-corrected chi connectivity index (χ4v) is 2.29. The van der Waals surface area contributed by atoms with Gasteiger partial charge in [0, 0.05) is 12.3 Å². The molecule has 1 N–H and O–H groups in total. The monoisotopic (exact) mass is 154 g/mol. The predicted octanol–water partition coefficient (Wildman–Crippen LogP) is 0.830. The van der Waals surface area contributed by atoms with E-state index in [4.69, 9.17) is 5.11 Å². The van der Waals surface area contributed by atoms with Crippen LogP contribution in [-0.4, -0.2) is 16.9 Å². The molecule has 0 spiro atoms. The van der Waals surface area contributed by atoms with Gasteiger partial charge in [0.1, 0.15) is 5.78 Å². The van der Waals surface area contributed by atoms with E-state index in [9.17, 15) is 9.59 Å². The first kappa shape index (κ1) is 6.83. The van der Waals surface area contributed by atoms with Gasteiger partial charge in [0.05, 0.1) is 5.41 Å². The maximum atomic E-state index is 11.1. The van der Waals surface area contributed by atoms with E-state index in [-0.39, 0.29) is 11.7 Å². The van der Waals surface area contributed by atoms with E-state index in [0.29, 0.717) is 19.3 Å². The van der Waals surface area contributed by atoms with Gasteiger partial charge in [-0.25, -0.2) is 0 Å². The zero-order valence-corrected chi connectivity index (χ0v) is 6.17. The lowest BCUT2D eigenvalue weighted by Gasteiger charge is -2.39. The summed E-state index contributed by atoms with van der Waals surface area (Å²) in [6.45, 7) is 0. The van der Waals surface area contributed by atoms with Crippen LogP contribution in [0.15, 0.2) is 0 Å². The third kappa shape index (κ3) is 0.633. The molecule has 2 atom stereocenters. The Morgan fingerprint density at radius 3 is 2.55 bits per heavy atom. The standard InChI is InChI=1S/C8H10O3/c9-6-2-4-8(7(10)11)3-1-5(6)8/h5H,1-4H2,(H,10,11)/t5-,8-/m1/s1. The van der Waals surface area contributed by atoms with E-state index in [1.807, 2.05) is 0 Å². The van der Waals surface area contributed by atoms with Crippen molar-refractivity contribution in [2.24, 2.45) is 11.3 Å². The van der Waals surface area contributed by atoms with Crippen LogP contribution in [0, 0.1) is 11.3 Å². The molecule has 2 aliphatic carbocycles. The molecule has 60 valence electrons. The van der Waals surface area contributed by atoms with Crippen LogP contribution < -0.4 is 0 Å². The molecule has 0 heterocycles. The van der Waals surface area contributed by atoms with Crippen LogP contribution in [0.5, 0.6) is 0 Å². The number of aliphatic carboxylic acids is 1. The van der Waals surface area contributed by atoms with Gasteiger partial charge in [-0.2, -0.15) is 0 Å². The maximum absolute atomic E-state index is 11.1. The minimum absolute atomic E-state index is 0.139. The fraction of sp³-hybridized carbons (Fsp3) is 0.750. The number of carboxylic acids is 1. The Morgan fingerprint density at radius 1 is 1.55 bits per heavy atom. The zero-order chi connectivity index (χ0) is 8.06. The van der Waals surface area contributed by atoms with Crippen molar-refractivity contribution in [1.82, 2.24) is 0 Å². The summed E-state index contributed by atoms with van der Waals surface area (Å²) < 4.78 is 0. The number of Topliss-reactive ketones (excluding diaryl/α,β-unsaturated/α-hetero) is 1. The van der Waals surface area contributed by atoms with Crippen LogP contribution in [0.4, 0.5) is 0 Å². The molecule has 0 aromatic rings. The summed E-state index contributed by atoms with van der Waals surface area (Å²) >= 11 is 0. The molecule has 0 amide bonds. The molecule has 2 aliphatic rings. The van der Waals surface area contributed by atoms with Crippen molar-refractivity contribution in [1.29, 1.82) is 0 Å². The number of hydrogen-bond acceptors (Lipinski definition) is 2. The van der Waals surface area contributed by atoms with Crippen molar-refractivity contribution < 1.29 is 14.7 Å². The van der Waals surface area contributed by atoms with Gasteiger partial charge in [0.2, 0.25) is 0 Å². The van der Waals surface area contributed by atoms with Crippen molar-refractivity contribution in [2.45, 2.75) is 25.7 Å². The van der Waals surface area contributed by atoms with Gasteiger partial charge in [-0.1, -0.05) is 0 Å². The second-order valence-corrected chi connectivity index (χ2v) is 3.52. The Bertz CT molecular complexity index is 233. The van der Waals surface area contributed by atoms with Crippen molar-refractivity contribution in [3.63, 3.8) is 0 Å². The largest absolute Gasteiger partial charge is 0.481 e. The quantitative estimate of drug-likeness (QED) is 0.608. The molecule has 2 rings (SSSR count). The van der Waals surface area contributed by atoms with Gasteiger partial charge in [-0.15, -0.1) is 0 Å². The number of carbonyl (C=O) groups is 2. The fourth-order valence-electron chi connectivity index (χ4n) is 2.29. The highest BCUT2D eigenvalue weighted by atomic mass is 16.4. The molecule has 0 saturated heterocycles. The van der Waals surface area contributed by atoms with E-state index >= 15 is 0 Å². The van der Waals surface area contributed by atoms with Crippen LogP contribution in [-0.2, 0) is 9.59 Å². The van der Waals surface area contributed by atoms with Gasteiger partial charge in [0.25, 0.3) is 0 Å². The molecule has 11 heavy (non-hydrogen) atoms.